The van der Waals surface area contributed by atoms with Crippen LogP contribution in [0.3, 0.4) is 0 Å². The molecule has 0 aliphatic heterocycles. The smallest absolute Gasteiger partial charge is 0.311 e. The highest BCUT2D eigenvalue weighted by Crippen LogP contribution is 2.17. The van der Waals surface area contributed by atoms with Crippen LogP contribution in [0.4, 0.5) is 5.82 Å². The molecule has 104 valence electrons. The lowest BCUT2D eigenvalue weighted by molar-refractivity contribution is -0.141. The maximum atomic E-state index is 11.4. The minimum absolute atomic E-state index is 0.188. The third kappa shape index (κ3) is 3.54. The largest absolute Gasteiger partial charge is 0.466 e. The van der Waals surface area contributed by atoms with Gasteiger partial charge in [0.2, 0.25) is 0 Å². The number of benzene rings is 1. The van der Waals surface area contributed by atoms with Crippen molar-refractivity contribution >= 4 is 17.5 Å². The molecule has 0 spiro atoms. The molecule has 0 unspecified atom stereocenters. The van der Waals surface area contributed by atoms with Crippen molar-refractivity contribution in [3.63, 3.8) is 0 Å². The van der Waals surface area contributed by atoms with E-state index in [1.165, 1.54) is 0 Å². The van der Waals surface area contributed by atoms with Crippen LogP contribution in [-0.4, -0.2) is 28.1 Å². The van der Waals surface area contributed by atoms with Crippen molar-refractivity contribution in [2.75, 3.05) is 6.61 Å². The summed E-state index contributed by atoms with van der Waals surface area (Å²) in [6.45, 7) is 3.97. The maximum Gasteiger partial charge on any atom is 0.311 e. The highest BCUT2D eigenvalue weighted by atomic mass is 16.5. The van der Waals surface area contributed by atoms with Crippen molar-refractivity contribution < 1.29 is 9.53 Å². The van der Waals surface area contributed by atoms with Crippen LogP contribution >= 0.6 is 0 Å². The van der Waals surface area contributed by atoms with E-state index in [1.807, 2.05) is 36.4 Å². The molecule has 0 aliphatic carbocycles. The van der Waals surface area contributed by atoms with Crippen LogP contribution in [0.1, 0.15) is 20.3 Å². The summed E-state index contributed by atoms with van der Waals surface area (Å²) in [6.07, 6.45) is 1.87. The average Bonchev–Trinajstić information content (AvgIpc) is 2.87. The van der Waals surface area contributed by atoms with Gasteiger partial charge in [0.05, 0.1) is 24.9 Å². The molecule has 0 saturated carbocycles. The first-order chi connectivity index (χ1) is 9.70. The standard InChI is InChI=1S/C15H17N3O2/c1-3-20-15(19)11-12(2)17-14-9-10-16-18(14)13-7-5-4-6-8-13/h4-10H,3,11H2,1-2H3. The Morgan fingerprint density at radius 1 is 1.30 bits per heavy atom. The second-order valence-corrected chi connectivity index (χ2v) is 4.27. The number of carbonyl (C=O) groups is 1. The summed E-state index contributed by atoms with van der Waals surface area (Å²) in [6, 6.07) is 11.5. The second kappa shape index (κ2) is 6.65. The van der Waals surface area contributed by atoms with Crippen molar-refractivity contribution in [2.24, 2.45) is 4.99 Å². The van der Waals surface area contributed by atoms with Gasteiger partial charge in [0.15, 0.2) is 5.82 Å². The van der Waals surface area contributed by atoms with E-state index in [0.717, 1.165) is 5.69 Å². The summed E-state index contributed by atoms with van der Waals surface area (Å²) in [4.78, 5) is 15.8. The highest BCUT2D eigenvalue weighted by molar-refractivity contribution is 5.98. The van der Waals surface area contributed by atoms with Crippen LogP contribution < -0.4 is 0 Å². The third-order valence-electron chi connectivity index (χ3n) is 2.63. The zero-order chi connectivity index (χ0) is 14.4. The highest BCUT2D eigenvalue weighted by Gasteiger charge is 2.07. The Morgan fingerprint density at radius 3 is 2.75 bits per heavy atom. The molecule has 0 amide bonds. The molecular weight excluding hydrogens is 254 g/mol. The van der Waals surface area contributed by atoms with Crippen LogP contribution in [-0.2, 0) is 9.53 Å². The van der Waals surface area contributed by atoms with Gasteiger partial charge < -0.3 is 4.74 Å². The first-order valence-corrected chi connectivity index (χ1v) is 6.50. The number of rotatable bonds is 5. The van der Waals surface area contributed by atoms with Gasteiger partial charge in [0.1, 0.15) is 0 Å². The Kier molecular flexibility index (Phi) is 4.65. The third-order valence-corrected chi connectivity index (χ3v) is 2.63. The zero-order valence-electron chi connectivity index (χ0n) is 11.6. The summed E-state index contributed by atoms with van der Waals surface area (Å²) >= 11 is 0. The number of esters is 1. The van der Waals surface area contributed by atoms with Crippen molar-refractivity contribution in [1.29, 1.82) is 0 Å². The lowest BCUT2D eigenvalue weighted by Gasteiger charge is -2.05. The van der Waals surface area contributed by atoms with Gasteiger partial charge in [0.25, 0.3) is 0 Å². The Balaban J connectivity index is 2.18. The van der Waals surface area contributed by atoms with Crippen LogP contribution in [0.5, 0.6) is 0 Å². The molecule has 2 aromatic rings. The van der Waals surface area contributed by atoms with Crippen molar-refractivity contribution in [3.8, 4) is 5.69 Å². The maximum absolute atomic E-state index is 11.4. The molecule has 0 atom stereocenters. The topological polar surface area (TPSA) is 56.5 Å². The molecule has 0 saturated heterocycles. The average molecular weight is 271 g/mol. The fraction of sp³-hybridized carbons (Fsp3) is 0.267. The summed E-state index contributed by atoms with van der Waals surface area (Å²) in [7, 11) is 0. The Hall–Kier alpha value is -2.43. The molecule has 0 aliphatic rings. The fourth-order valence-electron chi connectivity index (χ4n) is 1.81. The number of nitrogens with zero attached hydrogens (tertiary/aromatic N) is 3. The van der Waals surface area contributed by atoms with Gasteiger partial charge in [-0.05, 0) is 26.0 Å². The number of ether oxygens (including phenoxy) is 1. The lowest BCUT2D eigenvalue weighted by atomic mass is 10.3. The molecule has 5 nitrogen and oxygen atoms in total. The molecule has 1 aromatic carbocycles. The number of aromatic nitrogens is 2. The van der Waals surface area contributed by atoms with Crippen LogP contribution in [0, 0.1) is 0 Å². The monoisotopic (exact) mass is 271 g/mol. The number of hydrogen-bond acceptors (Lipinski definition) is 4. The van der Waals surface area contributed by atoms with Gasteiger partial charge in [-0.25, -0.2) is 9.67 Å². The summed E-state index contributed by atoms with van der Waals surface area (Å²) in [5, 5.41) is 4.25. The molecule has 2 rings (SSSR count). The van der Waals surface area contributed by atoms with Crippen molar-refractivity contribution in [3.05, 3.63) is 42.6 Å². The molecule has 5 heteroatoms. The van der Waals surface area contributed by atoms with Gasteiger partial charge in [0, 0.05) is 11.8 Å². The summed E-state index contributed by atoms with van der Waals surface area (Å²) in [5.41, 5.74) is 1.63. The molecule has 1 heterocycles. The van der Waals surface area contributed by atoms with Crippen LogP contribution in [0.15, 0.2) is 47.6 Å². The van der Waals surface area contributed by atoms with E-state index in [1.54, 1.807) is 24.7 Å². The van der Waals surface area contributed by atoms with Gasteiger partial charge >= 0.3 is 5.97 Å². The molecule has 20 heavy (non-hydrogen) atoms. The van der Waals surface area contributed by atoms with E-state index >= 15 is 0 Å². The van der Waals surface area contributed by atoms with E-state index in [9.17, 15) is 4.79 Å². The lowest BCUT2D eigenvalue weighted by Crippen LogP contribution is -2.08. The molecular formula is C15H17N3O2. The Labute approximate surface area is 117 Å². The van der Waals surface area contributed by atoms with Gasteiger partial charge in [-0.3, -0.25) is 4.79 Å². The van der Waals surface area contributed by atoms with Crippen LogP contribution in [0.2, 0.25) is 0 Å². The minimum atomic E-state index is -0.264. The zero-order valence-corrected chi connectivity index (χ0v) is 11.6. The summed E-state index contributed by atoms with van der Waals surface area (Å²) < 4.78 is 6.64. The first kappa shape index (κ1) is 14.0. The summed E-state index contributed by atoms with van der Waals surface area (Å²) in [5.74, 6) is 0.428. The first-order valence-electron chi connectivity index (χ1n) is 6.50. The van der Waals surface area contributed by atoms with E-state index in [4.69, 9.17) is 4.74 Å². The number of para-hydroxylation sites is 1. The van der Waals surface area contributed by atoms with E-state index in [2.05, 4.69) is 10.1 Å². The minimum Gasteiger partial charge on any atom is -0.466 e. The van der Waals surface area contributed by atoms with E-state index in [-0.39, 0.29) is 12.4 Å². The number of aliphatic imine (C=N–C) groups is 1. The van der Waals surface area contributed by atoms with E-state index < -0.39 is 0 Å². The molecule has 0 radical (unpaired) electrons. The van der Waals surface area contributed by atoms with Gasteiger partial charge in [-0.1, -0.05) is 18.2 Å². The van der Waals surface area contributed by atoms with Gasteiger partial charge in [-0.2, -0.15) is 5.10 Å². The normalized spacial score (nSPS) is 11.4. The molecule has 0 bridgehead atoms. The second-order valence-electron chi connectivity index (χ2n) is 4.27. The van der Waals surface area contributed by atoms with Crippen LogP contribution in [0.25, 0.3) is 5.69 Å². The molecule has 0 fully saturated rings. The molecule has 0 N–H and O–H groups in total. The predicted octanol–water partition coefficient (Wildman–Crippen LogP) is 2.92. The molecule has 1 aromatic heterocycles. The van der Waals surface area contributed by atoms with Gasteiger partial charge in [-0.15, -0.1) is 0 Å². The quantitative estimate of drug-likeness (QED) is 0.620. The Bertz CT molecular complexity index is 603. The van der Waals surface area contributed by atoms with E-state index in [0.29, 0.717) is 18.1 Å². The number of carbonyl (C=O) groups excluding carboxylic acids is 1. The fourth-order valence-corrected chi connectivity index (χ4v) is 1.81. The van der Waals surface area contributed by atoms with Crippen molar-refractivity contribution in [1.82, 2.24) is 9.78 Å². The SMILES string of the molecule is CCOC(=O)CC(C)=Nc1ccnn1-c1ccccc1. The van der Waals surface area contributed by atoms with Crippen molar-refractivity contribution in [2.45, 2.75) is 20.3 Å². The predicted molar refractivity (Wildman–Crippen MR) is 77.6 cm³/mol. The number of hydrogen-bond donors (Lipinski definition) is 0. The Morgan fingerprint density at radius 2 is 2.05 bits per heavy atom.